The molecular formula is C10H8BrN3O4. The zero-order valence-corrected chi connectivity index (χ0v) is 10.8. The zero-order chi connectivity index (χ0) is 13.4. The molecule has 0 saturated carbocycles. The number of hydrogen-bond donors (Lipinski definition) is 1. The van der Waals surface area contributed by atoms with Gasteiger partial charge >= 0.3 is 5.97 Å². The molecule has 0 aliphatic carbocycles. The van der Waals surface area contributed by atoms with Gasteiger partial charge in [-0.1, -0.05) is 6.92 Å². The van der Waals surface area contributed by atoms with Gasteiger partial charge in [-0.15, -0.1) is 0 Å². The summed E-state index contributed by atoms with van der Waals surface area (Å²) < 4.78 is 1.61. The van der Waals surface area contributed by atoms with E-state index >= 15 is 0 Å². The Balaban J connectivity index is 2.87. The van der Waals surface area contributed by atoms with Gasteiger partial charge < -0.3 is 5.11 Å². The summed E-state index contributed by atoms with van der Waals surface area (Å²) in [5.74, 6) is -1.16. The molecule has 2 aromatic rings. The van der Waals surface area contributed by atoms with Crippen molar-refractivity contribution in [3.63, 3.8) is 0 Å². The van der Waals surface area contributed by atoms with Crippen LogP contribution in [-0.4, -0.2) is 25.4 Å². The molecule has 8 heteroatoms. The van der Waals surface area contributed by atoms with Crippen LogP contribution >= 0.6 is 15.9 Å². The molecular weight excluding hydrogens is 306 g/mol. The van der Waals surface area contributed by atoms with Crippen LogP contribution in [0.2, 0.25) is 0 Å². The van der Waals surface area contributed by atoms with Gasteiger partial charge in [0, 0.05) is 6.07 Å². The van der Waals surface area contributed by atoms with Gasteiger partial charge in [0.15, 0.2) is 11.3 Å². The topological polar surface area (TPSA) is 97.7 Å². The molecule has 0 bridgehead atoms. The molecule has 2 rings (SSSR count). The highest BCUT2D eigenvalue weighted by atomic mass is 79.9. The van der Waals surface area contributed by atoms with E-state index in [0.29, 0.717) is 22.2 Å². The Bertz CT molecular complexity index is 665. The predicted octanol–water partition coefficient (Wildman–Crippen LogP) is 2.27. The number of nitro groups is 1. The second kappa shape index (κ2) is 4.37. The minimum absolute atomic E-state index is 0.0445. The van der Waals surface area contributed by atoms with Crippen molar-refractivity contribution in [3.8, 4) is 0 Å². The minimum atomic E-state index is -1.16. The summed E-state index contributed by atoms with van der Waals surface area (Å²) in [7, 11) is 0. The summed E-state index contributed by atoms with van der Waals surface area (Å²) in [6.07, 6.45) is 1.60. The number of carbonyl (C=O) groups is 1. The standard InChI is InChI=1S/C10H8BrN3O4/c1-2-7-8(10(15)16)13-4-5(14(17)18)3-6(11)9(13)12-7/h3-4H,2H2,1H3,(H,15,16). The zero-order valence-electron chi connectivity index (χ0n) is 9.25. The lowest BCUT2D eigenvalue weighted by Gasteiger charge is -2.00. The minimum Gasteiger partial charge on any atom is -0.477 e. The number of halogens is 1. The Hall–Kier alpha value is -1.96. The molecule has 0 fully saturated rings. The van der Waals surface area contributed by atoms with Gasteiger partial charge in [-0.3, -0.25) is 14.5 Å². The van der Waals surface area contributed by atoms with Gasteiger partial charge in [-0.2, -0.15) is 0 Å². The van der Waals surface area contributed by atoms with Crippen LogP contribution in [0.1, 0.15) is 23.1 Å². The Morgan fingerprint density at radius 2 is 2.33 bits per heavy atom. The maximum Gasteiger partial charge on any atom is 0.354 e. The van der Waals surface area contributed by atoms with Crippen molar-refractivity contribution < 1.29 is 14.8 Å². The number of pyridine rings is 1. The van der Waals surface area contributed by atoms with Crippen molar-refractivity contribution >= 4 is 33.2 Å². The van der Waals surface area contributed by atoms with Crippen LogP contribution in [0.4, 0.5) is 5.69 Å². The second-order valence-corrected chi connectivity index (χ2v) is 4.42. The van der Waals surface area contributed by atoms with Gasteiger partial charge in [-0.05, 0) is 22.4 Å². The molecule has 0 radical (unpaired) electrons. The maximum absolute atomic E-state index is 11.2. The summed E-state index contributed by atoms with van der Waals surface area (Å²) >= 11 is 3.16. The average Bonchev–Trinajstić information content (AvgIpc) is 2.67. The summed E-state index contributed by atoms with van der Waals surface area (Å²) in [6.45, 7) is 1.77. The first-order valence-corrected chi connectivity index (χ1v) is 5.83. The molecule has 2 aromatic heterocycles. The van der Waals surface area contributed by atoms with E-state index in [9.17, 15) is 14.9 Å². The molecule has 1 N–H and O–H groups in total. The first kappa shape index (κ1) is 12.5. The number of nitrogens with zero attached hydrogens (tertiary/aromatic N) is 3. The van der Waals surface area contributed by atoms with E-state index in [4.69, 9.17) is 5.11 Å². The molecule has 0 spiro atoms. The van der Waals surface area contributed by atoms with Crippen LogP contribution < -0.4 is 0 Å². The second-order valence-electron chi connectivity index (χ2n) is 3.56. The molecule has 0 aliphatic heterocycles. The lowest BCUT2D eigenvalue weighted by Crippen LogP contribution is -2.05. The smallest absolute Gasteiger partial charge is 0.354 e. The van der Waals surface area contributed by atoms with Crippen molar-refractivity contribution in [2.24, 2.45) is 0 Å². The third-order valence-corrected chi connectivity index (χ3v) is 3.06. The number of rotatable bonds is 3. The Morgan fingerprint density at radius 3 is 2.83 bits per heavy atom. The van der Waals surface area contributed by atoms with Crippen LogP contribution in [0.25, 0.3) is 5.65 Å². The number of carboxylic acids is 1. The number of hydrogen-bond acceptors (Lipinski definition) is 4. The average molecular weight is 314 g/mol. The van der Waals surface area contributed by atoms with E-state index in [1.54, 1.807) is 6.92 Å². The SMILES string of the molecule is CCc1nc2c(Br)cc([N+](=O)[O-])cn2c1C(=O)O. The molecule has 0 aromatic carbocycles. The normalized spacial score (nSPS) is 10.8. The van der Waals surface area contributed by atoms with Crippen LogP contribution in [-0.2, 0) is 6.42 Å². The highest BCUT2D eigenvalue weighted by Crippen LogP contribution is 2.26. The van der Waals surface area contributed by atoms with E-state index in [1.807, 2.05) is 0 Å². The lowest BCUT2D eigenvalue weighted by atomic mass is 10.2. The third kappa shape index (κ3) is 1.84. The lowest BCUT2D eigenvalue weighted by molar-refractivity contribution is -0.385. The molecule has 0 saturated heterocycles. The summed E-state index contributed by atoms with van der Waals surface area (Å²) in [4.78, 5) is 25.5. The highest BCUT2D eigenvalue weighted by Gasteiger charge is 2.21. The highest BCUT2D eigenvalue weighted by molar-refractivity contribution is 9.10. The largest absolute Gasteiger partial charge is 0.477 e. The third-order valence-electron chi connectivity index (χ3n) is 2.48. The molecule has 0 aliphatic rings. The van der Waals surface area contributed by atoms with Gasteiger partial charge in [-0.25, -0.2) is 9.78 Å². The van der Waals surface area contributed by atoms with Crippen LogP contribution in [0.3, 0.4) is 0 Å². The van der Waals surface area contributed by atoms with Gasteiger partial charge in [0.25, 0.3) is 5.69 Å². The number of carboxylic acid groups (broad SMARTS) is 1. The Kier molecular flexibility index (Phi) is 3.04. The predicted molar refractivity (Wildman–Crippen MR) is 65.9 cm³/mol. The number of imidazole rings is 1. The van der Waals surface area contributed by atoms with Crippen molar-refractivity contribution in [2.45, 2.75) is 13.3 Å². The van der Waals surface area contributed by atoms with Gasteiger partial charge in [0.2, 0.25) is 0 Å². The first-order valence-electron chi connectivity index (χ1n) is 5.03. The van der Waals surface area contributed by atoms with Crippen LogP contribution in [0, 0.1) is 10.1 Å². The monoisotopic (exact) mass is 313 g/mol. The molecule has 18 heavy (non-hydrogen) atoms. The van der Waals surface area contributed by atoms with Crippen molar-refractivity contribution in [3.05, 3.63) is 38.2 Å². The molecule has 0 amide bonds. The first-order chi connectivity index (χ1) is 8.45. The van der Waals surface area contributed by atoms with E-state index in [2.05, 4.69) is 20.9 Å². The fourth-order valence-corrected chi connectivity index (χ4v) is 2.22. The number of aromatic nitrogens is 2. The van der Waals surface area contributed by atoms with Crippen molar-refractivity contribution in [1.82, 2.24) is 9.38 Å². The summed E-state index contributed by atoms with van der Waals surface area (Å²) in [5.41, 5.74) is 0.507. The van der Waals surface area contributed by atoms with Crippen LogP contribution in [0.5, 0.6) is 0 Å². The number of fused-ring (bicyclic) bond motifs is 1. The summed E-state index contributed by atoms with van der Waals surface area (Å²) in [5, 5.41) is 19.9. The molecule has 0 atom stereocenters. The van der Waals surface area contributed by atoms with E-state index in [-0.39, 0.29) is 11.4 Å². The van der Waals surface area contributed by atoms with Gasteiger partial charge in [0.1, 0.15) is 0 Å². The summed E-state index contributed by atoms with van der Waals surface area (Å²) in [6, 6.07) is 1.30. The molecule has 94 valence electrons. The van der Waals surface area contributed by atoms with Crippen molar-refractivity contribution in [2.75, 3.05) is 0 Å². The Morgan fingerprint density at radius 1 is 1.67 bits per heavy atom. The quantitative estimate of drug-likeness (QED) is 0.692. The fraction of sp³-hybridized carbons (Fsp3) is 0.200. The fourth-order valence-electron chi connectivity index (χ4n) is 1.71. The van der Waals surface area contributed by atoms with Gasteiger partial charge in [0.05, 0.1) is 21.3 Å². The number of aryl methyl sites for hydroxylation is 1. The van der Waals surface area contributed by atoms with Crippen LogP contribution in [0.15, 0.2) is 16.7 Å². The molecule has 7 nitrogen and oxygen atoms in total. The number of aromatic carboxylic acids is 1. The van der Waals surface area contributed by atoms with E-state index in [1.165, 1.54) is 10.5 Å². The van der Waals surface area contributed by atoms with E-state index < -0.39 is 10.9 Å². The molecule has 0 unspecified atom stereocenters. The molecule has 2 heterocycles. The van der Waals surface area contributed by atoms with E-state index in [0.717, 1.165) is 6.20 Å². The van der Waals surface area contributed by atoms with Crippen molar-refractivity contribution in [1.29, 1.82) is 0 Å². The Labute approximate surface area is 109 Å². The maximum atomic E-state index is 11.2.